The molecule has 0 atom stereocenters. The number of anilines is 2. The molecular weight excluding hydrogens is 458 g/mol. The Kier molecular flexibility index (Phi) is 6.27. The molecule has 1 amide bonds. The van der Waals surface area contributed by atoms with Crippen LogP contribution in [0.2, 0.25) is 0 Å². The first-order valence-electron chi connectivity index (χ1n) is 12.5. The fourth-order valence-corrected chi connectivity index (χ4v) is 4.94. The lowest BCUT2D eigenvalue weighted by atomic mass is 9.99. The SMILES string of the molecule is CC(=O)N(c1ccc(-c2ccc(-c3ccc(C4OCCO4)cc3)cc2)cc1)c1cccc2ccccc12. The second-order valence-electron chi connectivity index (χ2n) is 9.17. The van der Waals surface area contributed by atoms with E-state index in [0.29, 0.717) is 13.2 Å². The molecule has 4 nitrogen and oxygen atoms in total. The molecule has 5 aromatic carbocycles. The number of carbonyl (C=O) groups excluding carboxylic acids is 1. The van der Waals surface area contributed by atoms with E-state index in [9.17, 15) is 4.79 Å². The number of ether oxygens (including phenoxy) is 2. The monoisotopic (exact) mass is 485 g/mol. The van der Waals surface area contributed by atoms with Crippen LogP contribution in [-0.2, 0) is 14.3 Å². The largest absolute Gasteiger partial charge is 0.346 e. The van der Waals surface area contributed by atoms with E-state index in [-0.39, 0.29) is 12.2 Å². The number of nitrogens with zero attached hydrogens (tertiary/aromatic N) is 1. The van der Waals surface area contributed by atoms with Crippen LogP contribution in [0.3, 0.4) is 0 Å². The van der Waals surface area contributed by atoms with E-state index in [4.69, 9.17) is 9.47 Å². The summed E-state index contributed by atoms with van der Waals surface area (Å²) in [6.07, 6.45) is -0.251. The Morgan fingerprint density at radius 1 is 0.649 bits per heavy atom. The van der Waals surface area contributed by atoms with Gasteiger partial charge in [-0.3, -0.25) is 9.69 Å². The number of benzene rings is 5. The molecule has 1 heterocycles. The van der Waals surface area contributed by atoms with Gasteiger partial charge in [0, 0.05) is 23.6 Å². The topological polar surface area (TPSA) is 38.8 Å². The fourth-order valence-electron chi connectivity index (χ4n) is 4.94. The number of hydrogen-bond donors (Lipinski definition) is 0. The van der Waals surface area contributed by atoms with Crippen LogP contribution in [0.5, 0.6) is 0 Å². The fraction of sp³-hybridized carbons (Fsp3) is 0.121. The Morgan fingerprint density at radius 3 is 1.76 bits per heavy atom. The van der Waals surface area contributed by atoms with Gasteiger partial charge in [0.05, 0.1) is 18.9 Å². The van der Waals surface area contributed by atoms with Gasteiger partial charge in [-0.1, -0.05) is 97.1 Å². The van der Waals surface area contributed by atoms with Crippen molar-refractivity contribution in [3.63, 3.8) is 0 Å². The number of amides is 1. The average molecular weight is 486 g/mol. The highest BCUT2D eigenvalue weighted by Gasteiger charge is 2.18. The van der Waals surface area contributed by atoms with Crippen LogP contribution in [-0.4, -0.2) is 19.1 Å². The first-order valence-corrected chi connectivity index (χ1v) is 12.5. The zero-order valence-corrected chi connectivity index (χ0v) is 20.6. The van der Waals surface area contributed by atoms with Crippen LogP contribution in [0.15, 0.2) is 115 Å². The summed E-state index contributed by atoms with van der Waals surface area (Å²) < 4.78 is 11.2. The normalized spacial score (nSPS) is 13.6. The molecule has 1 aliphatic heterocycles. The average Bonchev–Trinajstić information content (AvgIpc) is 3.49. The van der Waals surface area contributed by atoms with Crippen molar-refractivity contribution in [1.82, 2.24) is 0 Å². The van der Waals surface area contributed by atoms with Gasteiger partial charge in [0.1, 0.15) is 0 Å². The predicted molar refractivity (Wildman–Crippen MR) is 149 cm³/mol. The van der Waals surface area contributed by atoms with Crippen molar-refractivity contribution in [2.24, 2.45) is 0 Å². The highest BCUT2D eigenvalue weighted by Crippen LogP contribution is 2.34. The van der Waals surface area contributed by atoms with E-state index < -0.39 is 0 Å². The van der Waals surface area contributed by atoms with Gasteiger partial charge in [-0.2, -0.15) is 0 Å². The molecule has 4 heteroatoms. The van der Waals surface area contributed by atoms with Crippen molar-refractivity contribution in [3.05, 3.63) is 121 Å². The summed E-state index contributed by atoms with van der Waals surface area (Å²) >= 11 is 0. The number of rotatable bonds is 5. The van der Waals surface area contributed by atoms with Gasteiger partial charge in [0.2, 0.25) is 5.91 Å². The summed E-state index contributed by atoms with van der Waals surface area (Å²) in [6.45, 7) is 2.89. The van der Waals surface area contributed by atoms with Crippen molar-refractivity contribution in [1.29, 1.82) is 0 Å². The summed E-state index contributed by atoms with van der Waals surface area (Å²) in [5, 5.41) is 2.16. The van der Waals surface area contributed by atoms with E-state index in [1.807, 2.05) is 36.4 Å². The smallest absolute Gasteiger partial charge is 0.228 e. The maximum absolute atomic E-state index is 12.7. The van der Waals surface area contributed by atoms with Gasteiger partial charge in [-0.05, 0) is 45.8 Å². The maximum atomic E-state index is 12.7. The van der Waals surface area contributed by atoms with Gasteiger partial charge >= 0.3 is 0 Å². The molecular formula is C33H27NO3. The van der Waals surface area contributed by atoms with Crippen molar-refractivity contribution in [2.75, 3.05) is 18.1 Å². The Hall–Kier alpha value is -4.25. The molecule has 5 aromatic rings. The van der Waals surface area contributed by atoms with Crippen LogP contribution in [0.4, 0.5) is 11.4 Å². The van der Waals surface area contributed by atoms with Gasteiger partial charge < -0.3 is 9.47 Å². The molecule has 182 valence electrons. The van der Waals surface area contributed by atoms with Gasteiger partial charge in [-0.15, -0.1) is 0 Å². The molecule has 0 radical (unpaired) electrons. The Bertz CT molecular complexity index is 1530. The van der Waals surface area contributed by atoms with E-state index in [1.165, 1.54) is 0 Å². The van der Waals surface area contributed by atoms with Crippen LogP contribution in [0.1, 0.15) is 18.8 Å². The summed E-state index contributed by atoms with van der Waals surface area (Å²) in [5.74, 6) is -0.0227. The molecule has 0 aromatic heterocycles. The number of hydrogen-bond acceptors (Lipinski definition) is 3. The van der Waals surface area contributed by atoms with Crippen molar-refractivity contribution in [3.8, 4) is 22.3 Å². The second kappa shape index (κ2) is 10.0. The van der Waals surface area contributed by atoms with Gasteiger partial charge in [-0.25, -0.2) is 0 Å². The van der Waals surface area contributed by atoms with Crippen LogP contribution in [0, 0.1) is 0 Å². The lowest BCUT2D eigenvalue weighted by molar-refractivity contribution is -0.115. The van der Waals surface area contributed by atoms with E-state index in [1.54, 1.807) is 11.8 Å². The third-order valence-electron chi connectivity index (χ3n) is 6.80. The second-order valence-corrected chi connectivity index (χ2v) is 9.17. The standard InChI is InChI=1S/C33H27NO3/c1-23(35)34(32-8-4-6-28-5-2-3-7-31(28)32)30-19-17-27(18-20-30)25-11-9-24(10-12-25)26-13-15-29(16-14-26)33-36-21-22-37-33/h2-20,33H,21-22H2,1H3. The Balaban J connectivity index is 1.24. The molecule has 0 unspecified atom stereocenters. The number of fused-ring (bicyclic) bond motifs is 1. The molecule has 1 saturated heterocycles. The lowest BCUT2D eigenvalue weighted by Gasteiger charge is -2.23. The van der Waals surface area contributed by atoms with Crippen LogP contribution >= 0.6 is 0 Å². The van der Waals surface area contributed by atoms with Crippen molar-refractivity contribution < 1.29 is 14.3 Å². The quantitative estimate of drug-likeness (QED) is 0.254. The summed E-state index contributed by atoms with van der Waals surface area (Å²) in [6, 6.07) is 39.2. The van der Waals surface area contributed by atoms with Crippen LogP contribution < -0.4 is 4.90 Å². The van der Waals surface area contributed by atoms with Crippen molar-refractivity contribution >= 4 is 28.1 Å². The minimum Gasteiger partial charge on any atom is -0.346 e. The maximum Gasteiger partial charge on any atom is 0.228 e. The first-order chi connectivity index (χ1) is 18.2. The first kappa shape index (κ1) is 23.2. The number of carbonyl (C=O) groups is 1. The molecule has 0 saturated carbocycles. The highest BCUT2D eigenvalue weighted by atomic mass is 16.7. The molecule has 0 spiro atoms. The molecule has 6 rings (SSSR count). The summed E-state index contributed by atoms with van der Waals surface area (Å²) in [4.78, 5) is 14.5. The highest BCUT2D eigenvalue weighted by molar-refractivity contribution is 6.07. The van der Waals surface area contributed by atoms with Gasteiger partial charge in [0.25, 0.3) is 0 Å². The minimum absolute atomic E-state index is 0.0227. The zero-order chi connectivity index (χ0) is 25.2. The molecule has 1 fully saturated rings. The Morgan fingerprint density at radius 2 is 1.16 bits per heavy atom. The lowest BCUT2D eigenvalue weighted by Crippen LogP contribution is -2.22. The molecule has 1 aliphatic rings. The van der Waals surface area contributed by atoms with Crippen molar-refractivity contribution in [2.45, 2.75) is 13.2 Å². The predicted octanol–water partition coefficient (Wildman–Crippen LogP) is 7.90. The summed E-state index contributed by atoms with van der Waals surface area (Å²) in [7, 11) is 0. The third-order valence-corrected chi connectivity index (χ3v) is 6.80. The minimum atomic E-state index is -0.251. The summed E-state index contributed by atoms with van der Waals surface area (Å²) in [5.41, 5.74) is 7.30. The zero-order valence-electron chi connectivity index (χ0n) is 20.6. The Labute approximate surface area is 216 Å². The molecule has 0 aliphatic carbocycles. The molecule has 37 heavy (non-hydrogen) atoms. The van der Waals surface area contributed by atoms with E-state index >= 15 is 0 Å². The van der Waals surface area contributed by atoms with E-state index in [0.717, 1.165) is 50.0 Å². The molecule has 0 N–H and O–H groups in total. The molecule has 0 bridgehead atoms. The van der Waals surface area contributed by atoms with Gasteiger partial charge in [0.15, 0.2) is 6.29 Å². The third kappa shape index (κ3) is 4.65. The van der Waals surface area contributed by atoms with Crippen LogP contribution in [0.25, 0.3) is 33.0 Å². The van der Waals surface area contributed by atoms with E-state index in [2.05, 4.69) is 78.9 Å².